The zero-order valence-electron chi connectivity index (χ0n) is 8.00. The molecule has 1 saturated carbocycles. The molecule has 0 heterocycles. The van der Waals surface area contributed by atoms with Crippen molar-refractivity contribution in [2.45, 2.75) is 38.0 Å². The summed E-state index contributed by atoms with van der Waals surface area (Å²) >= 11 is 0. The third-order valence-corrected chi connectivity index (χ3v) is 3.85. The normalized spacial score (nSPS) is 31.1. The summed E-state index contributed by atoms with van der Waals surface area (Å²) in [6.45, 7) is 0. The second kappa shape index (κ2) is 2.87. The van der Waals surface area contributed by atoms with Crippen LogP contribution in [0.5, 0.6) is 0 Å². The third kappa shape index (κ3) is 1.12. The molecule has 0 aliphatic heterocycles. The van der Waals surface area contributed by atoms with Crippen LogP contribution < -0.4 is 0 Å². The summed E-state index contributed by atoms with van der Waals surface area (Å²) in [6.07, 6.45) is 7.20. The summed E-state index contributed by atoms with van der Waals surface area (Å²) in [5, 5.41) is 0. The molecule has 0 spiro atoms. The Kier molecular flexibility index (Phi) is 1.68. The van der Waals surface area contributed by atoms with Gasteiger partial charge in [-0.05, 0) is 42.2 Å². The Balaban J connectivity index is 2.01. The van der Waals surface area contributed by atoms with E-state index in [4.69, 9.17) is 0 Å². The summed E-state index contributed by atoms with van der Waals surface area (Å²) < 4.78 is 0. The van der Waals surface area contributed by atoms with Crippen LogP contribution in [0.25, 0.3) is 0 Å². The molecule has 0 aromatic heterocycles. The van der Waals surface area contributed by atoms with Gasteiger partial charge in [0.05, 0.1) is 0 Å². The number of fused-ring (bicyclic) bond motifs is 3. The Morgan fingerprint density at radius 1 is 1.00 bits per heavy atom. The van der Waals surface area contributed by atoms with Gasteiger partial charge in [0.15, 0.2) is 0 Å². The molecular formula is C13H16. The largest absolute Gasteiger partial charge is 0.0620 e. The predicted molar refractivity (Wildman–Crippen MR) is 54.8 cm³/mol. The average Bonchev–Trinajstić information content (AvgIpc) is 2.56. The first-order chi connectivity index (χ1) is 6.45. The molecule has 1 aromatic rings. The zero-order valence-corrected chi connectivity index (χ0v) is 8.00. The lowest BCUT2D eigenvalue weighted by Crippen LogP contribution is -2.12. The van der Waals surface area contributed by atoms with E-state index in [1.165, 1.54) is 32.1 Å². The van der Waals surface area contributed by atoms with Crippen LogP contribution in [-0.2, 0) is 6.42 Å². The molecule has 1 unspecified atom stereocenters. The van der Waals surface area contributed by atoms with Gasteiger partial charge in [-0.3, -0.25) is 0 Å². The van der Waals surface area contributed by atoms with Gasteiger partial charge in [0.1, 0.15) is 0 Å². The van der Waals surface area contributed by atoms with Crippen LogP contribution in [0.2, 0.25) is 0 Å². The Bertz CT molecular complexity index is 314. The van der Waals surface area contributed by atoms with Gasteiger partial charge in [0, 0.05) is 0 Å². The van der Waals surface area contributed by atoms with Crippen molar-refractivity contribution in [1.29, 1.82) is 0 Å². The van der Waals surface area contributed by atoms with Crippen molar-refractivity contribution in [1.82, 2.24) is 0 Å². The molecule has 0 heteroatoms. The maximum absolute atomic E-state index is 2.35. The number of rotatable bonds is 0. The van der Waals surface area contributed by atoms with E-state index in [1.54, 1.807) is 11.1 Å². The maximum atomic E-state index is 2.35. The average molecular weight is 172 g/mol. The van der Waals surface area contributed by atoms with E-state index in [-0.39, 0.29) is 0 Å². The van der Waals surface area contributed by atoms with Crippen LogP contribution in [0.15, 0.2) is 24.3 Å². The van der Waals surface area contributed by atoms with Crippen LogP contribution in [0.1, 0.15) is 42.7 Å². The summed E-state index contributed by atoms with van der Waals surface area (Å²) in [5.74, 6) is 1.91. The van der Waals surface area contributed by atoms with Gasteiger partial charge in [-0.25, -0.2) is 0 Å². The molecule has 0 nitrogen and oxygen atoms in total. The van der Waals surface area contributed by atoms with Crippen LogP contribution in [-0.4, -0.2) is 0 Å². The molecule has 68 valence electrons. The fourth-order valence-electron chi connectivity index (χ4n) is 3.23. The molecule has 3 rings (SSSR count). The van der Waals surface area contributed by atoms with Crippen molar-refractivity contribution < 1.29 is 0 Å². The number of hydrogen-bond acceptors (Lipinski definition) is 0. The van der Waals surface area contributed by atoms with Crippen LogP contribution in [0, 0.1) is 5.92 Å². The van der Waals surface area contributed by atoms with E-state index in [1.807, 2.05) is 0 Å². The second-order valence-corrected chi connectivity index (χ2v) is 4.55. The van der Waals surface area contributed by atoms with Gasteiger partial charge in [-0.2, -0.15) is 0 Å². The van der Waals surface area contributed by atoms with Crippen molar-refractivity contribution in [3.05, 3.63) is 35.4 Å². The lowest BCUT2D eigenvalue weighted by Gasteiger charge is -2.25. The SMILES string of the molecule is c1ccc2c(c1)CC1CCCC[C@H]21. The van der Waals surface area contributed by atoms with E-state index in [0.717, 1.165) is 11.8 Å². The summed E-state index contributed by atoms with van der Waals surface area (Å²) in [6, 6.07) is 9.07. The summed E-state index contributed by atoms with van der Waals surface area (Å²) in [7, 11) is 0. The highest BCUT2D eigenvalue weighted by Crippen LogP contribution is 2.46. The molecule has 13 heavy (non-hydrogen) atoms. The van der Waals surface area contributed by atoms with Gasteiger partial charge in [0.2, 0.25) is 0 Å². The maximum Gasteiger partial charge on any atom is -0.0128 e. The van der Waals surface area contributed by atoms with Gasteiger partial charge in [-0.1, -0.05) is 37.1 Å². The molecular weight excluding hydrogens is 156 g/mol. The smallest absolute Gasteiger partial charge is 0.0128 e. The quantitative estimate of drug-likeness (QED) is 0.561. The molecule has 1 aromatic carbocycles. The highest BCUT2D eigenvalue weighted by Gasteiger charge is 2.33. The third-order valence-electron chi connectivity index (χ3n) is 3.85. The fourth-order valence-corrected chi connectivity index (χ4v) is 3.23. The van der Waals surface area contributed by atoms with E-state index >= 15 is 0 Å². The Morgan fingerprint density at radius 2 is 1.85 bits per heavy atom. The monoisotopic (exact) mass is 172 g/mol. The van der Waals surface area contributed by atoms with E-state index < -0.39 is 0 Å². The second-order valence-electron chi connectivity index (χ2n) is 4.55. The molecule has 0 N–H and O–H groups in total. The van der Waals surface area contributed by atoms with Crippen molar-refractivity contribution in [2.75, 3.05) is 0 Å². The number of hydrogen-bond donors (Lipinski definition) is 0. The minimum atomic E-state index is 0.921. The Labute approximate surface area is 80.0 Å². The fraction of sp³-hybridized carbons (Fsp3) is 0.538. The van der Waals surface area contributed by atoms with Crippen molar-refractivity contribution in [2.24, 2.45) is 5.92 Å². The van der Waals surface area contributed by atoms with Gasteiger partial charge in [0.25, 0.3) is 0 Å². The predicted octanol–water partition coefficient (Wildman–Crippen LogP) is 3.52. The standard InChI is InChI=1S/C13H16/c1-3-7-12-10(5-1)9-11-6-2-4-8-13(11)12/h1,3,5,7,11,13H,2,4,6,8-9H2/t11?,13-/m0/s1. The first kappa shape index (κ1) is 7.61. The molecule has 2 atom stereocenters. The highest BCUT2D eigenvalue weighted by atomic mass is 14.4. The van der Waals surface area contributed by atoms with E-state index in [9.17, 15) is 0 Å². The van der Waals surface area contributed by atoms with Crippen LogP contribution in [0.4, 0.5) is 0 Å². The number of benzene rings is 1. The summed E-state index contributed by atoms with van der Waals surface area (Å²) in [4.78, 5) is 0. The highest BCUT2D eigenvalue weighted by molar-refractivity contribution is 5.36. The molecule has 0 amide bonds. The lowest BCUT2D eigenvalue weighted by molar-refractivity contribution is 0.330. The lowest BCUT2D eigenvalue weighted by atomic mass is 9.80. The van der Waals surface area contributed by atoms with Gasteiger partial charge >= 0.3 is 0 Å². The minimum Gasteiger partial charge on any atom is -0.0620 e. The first-order valence-electron chi connectivity index (χ1n) is 5.53. The van der Waals surface area contributed by atoms with Crippen molar-refractivity contribution in [3.8, 4) is 0 Å². The van der Waals surface area contributed by atoms with Gasteiger partial charge < -0.3 is 0 Å². The molecule has 0 saturated heterocycles. The molecule has 0 radical (unpaired) electrons. The van der Waals surface area contributed by atoms with Crippen LogP contribution in [0.3, 0.4) is 0 Å². The Hall–Kier alpha value is -0.780. The van der Waals surface area contributed by atoms with Gasteiger partial charge in [-0.15, -0.1) is 0 Å². The molecule has 2 aliphatic rings. The molecule has 2 aliphatic carbocycles. The molecule has 1 fully saturated rings. The Morgan fingerprint density at radius 3 is 2.85 bits per heavy atom. The van der Waals surface area contributed by atoms with E-state index in [0.29, 0.717) is 0 Å². The molecule has 0 bridgehead atoms. The van der Waals surface area contributed by atoms with E-state index in [2.05, 4.69) is 24.3 Å². The minimum absolute atomic E-state index is 0.921. The van der Waals surface area contributed by atoms with Crippen molar-refractivity contribution in [3.63, 3.8) is 0 Å². The van der Waals surface area contributed by atoms with Crippen molar-refractivity contribution >= 4 is 0 Å². The topological polar surface area (TPSA) is 0 Å². The van der Waals surface area contributed by atoms with Crippen LogP contribution >= 0.6 is 0 Å². The summed E-state index contributed by atoms with van der Waals surface area (Å²) in [5.41, 5.74) is 3.31. The first-order valence-corrected chi connectivity index (χ1v) is 5.53. The zero-order chi connectivity index (χ0) is 8.67.